The van der Waals surface area contributed by atoms with Crippen molar-refractivity contribution >= 4 is 11.3 Å². The summed E-state index contributed by atoms with van der Waals surface area (Å²) in [5.41, 5.74) is 0. The van der Waals surface area contributed by atoms with Crippen molar-refractivity contribution in [3.05, 3.63) is 16.6 Å². The first-order chi connectivity index (χ1) is 8.40. The first kappa shape index (κ1) is 13.0. The Morgan fingerprint density at radius 3 is 2.71 bits per heavy atom. The van der Waals surface area contributed by atoms with Crippen LogP contribution >= 0.6 is 11.3 Å². The van der Waals surface area contributed by atoms with Crippen LogP contribution in [-0.2, 0) is 6.42 Å². The molecule has 2 nitrogen and oxygen atoms in total. The third-order valence-electron chi connectivity index (χ3n) is 3.81. The van der Waals surface area contributed by atoms with Crippen LogP contribution in [0.4, 0.5) is 0 Å². The predicted octanol–water partition coefficient (Wildman–Crippen LogP) is 3.63. The maximum absolute atomic E-state index is 4.44. The van der Waals surface area contributed by atoms with E-state index in [1.807, 2.05) is 6.20 Å². The second-order valence-electron chi connectivity index (χ2n) is 5.05. The predicted molar refractivity (Wildman–Crippen MR) is 74.5 cm³/mol. The van der Waals surface area contributed by atoms with Crippen molar-refractivity contribution in [2.45, 2.75) is 57.9 Å². The van der Waals surface area contributed by atoms with Crippen molar-refractivity contribution in [1.29, 1.82) is 0 Å². The van der Waals surface area contributed by atoms with Crippen molar-refractivity contribution < 1.29 is 0 Å². The van der Waals surface area contributed by atoms with E-state index >= 15 is 0 Å². The van der Waals surface area contributed by atoms with Crippen molar-refractivity contribution in [2.75, 3.05) is 6.54 Å². The topological polar surface area (TPSA) is 24.9 Å². The summed E-state index contributed by atoms with van der Waals surface area (Å²) in [6, 6.07) is 0.643. The van der Waals surface area contributed by atoms with E-state index in [-0.39, 0.29) is 0 Å². The molecule has 0 saturated heterocycles. The molecule has 2 rings (SSSR count). The van der Waals surface area contributed by atoms with Gasteiger partial charge in [0.15, 0.2) is 0 Å². The average Bonchev–Trinajstić information content (AvgIpc) is 2.69. The van der Waals surface area contributed by atoms with E-state index in [0.29, 0.717) is 6.04 Å². The van der Waals surface area contributed by atoms with Crippen LogP contribution in [0.15, 0.2) is 11.6 Å². The van der Waals surface area contributed by atoms with E-state index in [1.54, 1.807) is 11.3 Å². The summed E-state index contributed by atoms with van der Waals surface area (Å²) in [5, 5.41) is 7.07. The van der Waals surface area contributed by atoms with Gasteiger partial charge in [-0.2, -0.15) is 0 Å². The van der Waals surface area contributed by atoms with Crippen molar-refractivity contribution in [2.24, 2.45) is 5.92 Å². The molecule has 1 unspecified atom stereocenters. The molecule has 0 aromatic carbocycles. The summed E-state index contributed by atoms with van der Waals surface area (Å²) >= 11 is 1.80. The van der Waals surface area contributed by atoms with Gasteiger partial charge in [0.05, 0.1) is 5.01 Å². The molecule has 0 bridgehead atoms. The van der Waals surface area contributed by atoms with Crippen molar-refractivity contribution in [3.63, 3.8) is 0 Å². The molecule has 1 atom stereocenters. The number of likely N-dealkylation sites (N-methyl/N-ethyl adjacent to an activating group) is 1. The zero-order valence-corrected chi connectivity index (χ0v) is 11.6. The summed E-state index contributed by atoms with van der Waals surface area (Å²) < 4.78 is 0. The number of rotatable bonds is 5. The zero-order valence-electron chi connectivity index (χ0n) is 10.8. The van der Waals surface area contributed by atoms with E-state index in [9.17, 15) is 0 Å². The fourth-order valence-corrected chi connectivity index (χ4v) is 3.60. The van der Waals surface area contributed by atoms with Crippen molar-refractivity contribution in [1.82, 2.24) is 10.3 Å². The van der Waals surface area contributed by atoms with Gasteiger partial charge in [0.2, 0.25) is 0 Å². The lowest BCUT2D eigenvalue weighted by Gasteiger charge is -2.26. The quantitative estimate of drug-likeness (QED) is 0.809. The fourth-order valence-electron chi connectivity index (χ4n) is 2.92. The van der Waals surface area contributed by atoms with Crippen LogP contribution < -0.4 is 5.32 Å². The van der Waals surface area contributed by atoms with E-state index in [0.717, 1.165) is 18.9 Å². The fraction of sp³-hybridized carbons (Fsp3) is 0.786. The lowest BCUT2D eigenvalue weighted by molar-refractivity contribution is 0.321. The highest BCUT2D eigenvalue weighted by Crippen LogP contribution is 2.27. The number of nitrogens with zero attached hydrogens (tertiary/aromatic N) is 1. The molecule has 96 valence electrons. The first-order valence-electron chi connectivity index (χ1n) is 7.02. The molecule has 1 aromatic rings. The Morgan fingerprint density at radius 1 is 1.35 bits per heavy atom. The van der Waals surface area contributed by atoms with Gasteiger partial charge in [-0.05, 0) is 25.3 Å². The minimum atomic E-state index is 0.643. The standard InChI is InChI=1S/C14H24N2S/c1-2-15-13(11-14-16-9-10-17-14)12-7-5-3-4-6-8-12/h9-10,12-13,15H,2-8,11H2,1H3. The molecule has 0 aliphatic heterocycles. The van der Waals surface area contributed by atoms with Crippen molar-refractivity contribution in [3.8, 4) is 0 Å². The maximum Gasteiger partial charge on any atom is 0.0940 e. The van der Waals surface area contributed by atoms with Gasteiger partial charge in [-0.25, -0.2) is 4.98 Å². The van der Waals surface area contributed by atoms with Gasteiger partial charge < -0.3 is 5.32 Å². The largest absolute Gasteiger partial charge is 0.314 e. The lowest BCUT2D eigenvalue weighted by atomic mass is 9.90. The van der Waals surface area contributed by atoms with Crippen LogP contribution in [0.3, 0.4) is 0 Å². The highest BCUT2D eigenvalue weighted by molar-refractivity contribution is 7.09. The third-order valence-corrected chi connectivity index (χ3v) is 4.62. The summed E-state index contributed by atoms with van der Waals surface area (Å²) in [4.78, 5) is 4.44. The highest BCUT2D eigenvalue weighted by atomic mass is 32.1. The number of thiazole rings is 1. The first-order valence-corrected chi connectivity index (χ1v) is 7.90. The second kappa shape index (κ2) is 7.12. The Kier molecular flexibility index (Phi) is 5.46. The molecule has 1 saturated carbocycles. The van der Waals surface area contributed by atoms with Gasteiger partial charge in [-0.3, -0.25) is 0 Å². The van der Waals surface area contributed by atoms with E-state index in [1.165, 1.54) is 43.5 Å². The van der Waals surface area contributed by atoms with Crippen LogP contribution in [0, 0.1) is 5.92 Å². The molecule has 17 heavy (non-hydrogen) atoms. The molecular weight excluding hydrogens is 228 g/mol. The maximum atomic E-state index is 4.44. The van der Waals surface area contributed by atoms with Gasteiger partial charge in [-0.1, -0.05) is 32.6 Å². The Morgan fingerprint density at radius 2 is 2.12 bits per heavy atom. The molecular formula is C14H24N2S. The van der Waals surface area contributed by atoms with Crippen LogP contribution in [0.5, 0.6) is 0 Å². The molecule has 0 amide bonds. The van der Waals surface area contributed by atoms with Gasteiger partial charge >= 0.3 is 0 Å². The molecule has 1 aliphatic carbocycles. The lowest BCUT2D eigenvalue weighted by Crippen LogP contribution is -2.37. The molecule has 1 fully saturated rings. The van der Waals surface area contributed by atoms with E-state index in [2.05, 4.69) is 22.6 Å². The monoisotopic (exact) mass is 252 g/mol. The SMILES string of the molecule is CCNC(Cc1nccs1)C1CCCCCC1. The molecule has 1 aromatic heterocycles. The minimum Gasteiger partial charge on any atom is -0.314 e. The summed E-state index contributed by atoms with van der Waals surface area (Å²) in [6.45, 7) is 3.29. The molecule has 1 aliphatic rings. The van der Waals surface area contributed by atoms with Gasteiger partial charge in [0, 0.05) is 24.0 Å². The molecule has 0 radical (unpaired) electrons. The summed E-state index contributed by atoms with van der Waals surface area (Å²) in [5.74, 6) is 0.862. The van der Waals surface area contributed by atoms with Crippen LogP contribution in [-0.4, -0.2) is 17.6 Å². The molecule has 3 heteroatoms. The average molecular weight is 252 g/mol. The van der Waals surface area contributed by atoms with Gasteiger partial charge in [-0.15, -0.1) is 11.3 Å². The zero-order chi connectivity index (χ0) is 11.9. The Bertz CT molecular complexity index is 289. The Hall–Kier alpha value is -0.410. The molecule has 1 heterocycles. The number of nitrogens with one attached hydrogen (secondary N) is 1. The second-order valence-corrected chi connectivity index (χ2v) is 6.02. The van der Waals surface area contributed by atoms with E-state index in [4.69, 9.17) is 0 Å². The molecule has 1 N–H and O–H groups in total. The highest BCUT2D eigenvalue weighted by Gasteiger charge is 2.22. The molecule has 0 spiro atoms. The number of hydrogen-bond donors (Lipinski definition) is 1. The number of aromatic nitrogens is 1. The van der Waals surface area contributed by atoms with E-state index < -0.39 is 0 Å². The van der Waals surface area contributed by atoms with Gasteiger partial charge in [0.25, 0.3) is 0 Å². The van der Waals surface area contributed by atoms with Gasteiger partial charge in [0.1, 0.15) is 0 Å². The summed E-state index contributed by atoms with van der Waals surface area (Å²) in [6.07, 6.45) is 11.6. The Balaban J connectivity index is 1.94. The summed E-state index contributed by atoms with van der Waals surface area (Å²) in [7, 11) is 0. The van der Waals surface area contributed by atoms with Crippen LogP contribution in [0.2, 0.25) is 0 Å². The number of hydrogen-bond acceptors (Lipinski definition) is 3. The smallest absolute Gasteiger partial charge is 0.0940 e. The third kappa shape index (κ3) is 4.07. The Labute approximate surface area is 109 Å². The minimum absolute atomic E-state index is 0.643. The van der Waals surface area contributed by atoms with Crippen LogP contribution in [0.1, 0.15) is 50.5 Å². The van der Waals surface area contributed by atoms with Crippen LogP contribution in [0.25, 0.3) is 0 Å². The normalized spacial score (nSPS) is 20.1.